The van der Waals surface area contributed by atoms with E-state index in [4.69, 9.17) is 14.2 Å². The molecule has 0 aliphatic carbocycles. The first kappa shape index (κ1) is 12.0. The van der Waals surface area contributed by atoms with Crippen LogP contribution in [0.15, 0.2) is 9.47 Å². The standard InChI is InChI=1S/C10H14Br2O3/c1-10(2)14-7-4-3-6(5-8(11)12)13-9(7)15-10/h5-7,9H,3-4H2,1-2H3/t6?,7-,9-/m0/s1. The maximum Gasteiger partial charge on any atom is 0.187 e. The largest absolute Gasteiger partial charge is 0.342 e. The molecule has 3 atom stereocenters. The van der Waals surface area contributed by atoms with E-state index in [2.05, 4.69) is 31.9 Å². The molecule has 0 spiro atoms. The predicted octanol–water partition coefficient (Wildman–Crippen LogP) is 3.27. The van der Waals surface area contributed by atoms with Crippen molar-refractivity contribution in [3.63, 3.8) is 0 Å². The molecule has 1 unspecified atom stereocenters. The number of ether oxygens (including phenoxy) is 3. The maximum atomic E-state index is 5.77. The molecule has 0 aromatic carbocycles. The Morgan fingerprint density at radius 1 is 1.27 bits per heavy atom. The van der Waals surface area contributed by atoms with Gasteiger partial charge in [-0.2, -0.15) is 0 Å². The summed E-state index contributed by atoms with van der Waals surface area (Å²) in [5, 5.41) is 0. The van der Waals surface area contributed by atoms with Gasteiger partial charge in [-0.05, 0) is 64.6 Å². The Kier molecular flexibility index (Phi) is 3.57. The minimum absolute atomic E-state index is 0.0822. The Morgan fingerprint density at radius 2 is 2.00 bits per heavy atom. The molecule has 2 aliphatic rings. The molecule has 86 valence electrons. The molecule has 0 saturated carbocycles. The van der Waals surface area contributed by atoms with Crippen molar-refractivity contribution < 1.29 is 14.2 Å². The van der Waals surface area contributed by atoms with Gasteiger partial charge < -0.3 is 14.2 Å². The second kappa shape index (κ2) is 4.45. The lowest BCUT2D eigenvalue weighted by atomic mass is 10.1. The van der Waals surface area contributed by atoms with Crippen LogP contribution in [0.4, 0.5) is 0 Å². The van der Waals surface area contributed by atoms with Gasteiger partial charge in [0.1, 0.15) is 6.10 Å². The summed E-state index contributed by atoms with van der Waals surface area (Å²) in [6.45, 7) is 3.83. The first-order chi connectivity index (χ1) is 6.96. The van der Waals surface area contributed by atoms with Gasteiger partial charge in [0.05, 0.1) is 9.50 Å². The van der Waals surface area contributed by atoms with Crippen LogP contribution in [-0.4, -0.2) is 24.3 Å². The van der Waals surface area contributed by atoms with Crippen molar-refractivity contribution in [3.8, 4) is 0 Å². The van der Waals surface area contributed by atoms with E-state index in [0.29, 0.717) is 0 Å². The molecule has 15 heavy (non-hydrogen) atoms. The topological polar surface area (TPSA) is 27.7 Å². The first-order valence-corrected chi connectivity index (χ1v) is 6.59. The summed E-state index contributed by atoms with van der Waals surface area (Å²) >= 11 is 6.66. The van der Waals surface area contributed by atoms with Crippen molar-refractivity contribution in [2.24, 2.45) is 0 Å². The minimum Gasteiger partial charge on any atom is -0.342 e. The summed E-state index contributed by atoms with van der Waals surface area (Å²) in [7, 11) is 0. The van der Waals surface area contributed by atoms with Gasteiger partial charge in [0.15, 0.2) is 12.1 Å². The molecular formula is C10H14Br2O3. The third kappa shape index (κ3) is 3.03. The molecule has 3 nitrogen and oxygen atoms in total. The third-order valence-electron chi connectivity index (χ3n) is 2.50. The predicted molar refractivity (Wildman–Crippen MR) is 63.9 cm³/mol. The first-order valence-electron chi connectivity index (χ1n) is 5.00. The Bertz CT molecular complexity index is 274. The van der Waals surface area contributed by atoms with Gasteiger partial charge in [-0.15, -0.1) is 0 Å². The number of rotatable bonds is 1. The summed E-state index contributed by atoms with van der Waals surface area (Å²) in [6.07, 6.45) is 3.87. The molecule has 0 aromatic heterocycles. The molecular weight excluding hydrogens is 328 g/mol. The van der Waals surface area contributed by atoms with Gasteiger partial charge >= 0.3 is 0 Å². The van der Waals surface area contributed by atoms with E-state index < -0.39 is 5.79 Å². The van der Waals surface area contributed by atoms with Gasteiger partial charge in [0, 0.05) is 0 Å². The average Bonchev–Trinajstić information content (AvgIpc) is 2.36. The van der Waals surface area contributed by atoms with Crippen LogP contribution in [0.5, 0.6) is 0 Å². The van der Waals surface area contributed by atoms with E-state index in [1.807, 2.05) is 19.9 Å². The zero-order valence-electron chi connectivity index (χ0n) is 8.70. The molecule has 2 aliphatic heterocycles. The number of hydrogen-bond donors (Lipinski definition) is 0. The average molecular weight is 342 g/mol. The van der Waals surface area contributed by atoms with Crippen LogP contribution in [0.1, 0.15) is 26.7 Å². The normalized spacial score (nSPS) is 38.5. The molecule has 2 rings (SSSR count). The van der Waals surface area contributed by atoms with Crippen molar-refractivity contribution in [2.75, 3.05) is 0 Å². The van der Waals surface area contributed by atoms with Crippen LogP contribution in [0.25, 0.3) is 0 Å². The van der Waals surface area contributed by atoms with E-state index in [1.54, 1.807) is 0 Å². The van der Waals surface area contributed by atoms with Crippen molar-refractivity contribution in [2.45, 2.75) is 51.0 Å². The Labute approximate surface area is 106 Å². The Morgan fingerprint density at radius 3 is 2.67 bits per heavy atom. The van der Waals surface area contributed by atoms with Gasteiger partial charge in [-0.3, -0.25) is 0 Å². The molecule has 2 heterocycles. The molecule has 2 fully saturated rings. The van der Waals surface area contributed by atoms with Gasteiger partial charge in [-0.25, -0.2) is 0 Å². The SMILES string of the molecule is CC1(C)O[C@@H]2OC(C=C(Br)Br)CC[C@@H]2O1. The fourth-order valence-electron chi connectivity index (χ4n) is 1.95. The zero-order valence-corrected chi connectivity index (χ0v) is 11.9. The zero-order chi connectivity index (χ0) is 11.1. The summed E-state index contributed by atoms with van der Waals surface area (Å²) in [6, 6.07) is 0. The lowest BCUT2D eigenvalue weighted by Gasteiger charge is -2.28. The smallest absolute Gasteiger partial charge is 0.187 e. The van der Waals surface area contributed by atoms with Gasteiger partial charge in [0.25, 0.3) is 0 Å². The van der Waals surface area contributed by atoms with Crippen LogP contribution in [0.2, 0.25) is 0 Å². The van der Waals surface area contributed by atoms with Crippen molar-refractivity contribution in [1.29, 1.82) is 0 Å². The number of halogens is 2. The third-order valence-corrected chi connectivity index (χ3v) is 3.02. The van der Waals surface area contributed by atoms with Crippen molar-refractivity contribution in [1.82, 2.24) is 0 Å². The second-order valence-electron chi connectivity index (χ2n) is 4.25. The lowest BCUT2D eigenvalue weighted by Crippen LogP contribution is -2.35. The lowest BCUT2D eigenvalue weighted by molar-refractivity contribution is -0.202. The Balaban J connectivity index is 1.98. The molecule has 0 radical (unpaired) electrons. The highest BCUT2D eigenvalue weighted by Gasteiger charge is 2.45. The molecule has 2 saturated heterocycles. The van der Waals surface area contributed by atoms with E-state index >= 15 is 0 Å². The van der Waals surface area contributed by atoms with Crippen molar-refractivity contribution >= 4 is 31.9 Å². The highest BCUT2D eigenvalue weighted by Crippen LogP contribution is 2.36. The molecule has 5 heteroatoms. The van der Waals surface area contributed by atoms with Crippen LogP contribution in [0.3, 0.4) is 0 Å². The summed E-state index contributed by atoms with van der Waals surface area (Å²) in [5.41, 5.74) is 0. The molecule has 0 aromatic rings. The number of hydrogen-bond acceptors (Lipinski definition) is 3. The minimum atomic E-state index is -0.514. The van der Waals surface area contributed by atoms with Gasteiger partial charge in [-0.1, -0.05) is 0 Å². The van der Waals surface area contributed by atoms with E-state index in [-0.39, 0.29) is 18.5 Å². The molecule has 0 N–H and O–H groups in total. The van der Waals surface area contributed by atoms with Crippen LogP contribution < -0.4 is 0 Å². The second-order valence-corrected chi connectivity index (χ2v) is 7.02. The highest BCUT2D eigenvalue weighted by atomic mass is 79.9. The summed E-state index contributed by atoms with van der Waals surface area (Å²) < 4.78 is 18.1. The molecule has 0 amide bonds. The maximum absolute atomic E-state index is 5.77. The van der Waals surface area contributed by atoms with E-state index in [9.17, 15) is 0 Å². The monoisotopic (exact) mass is 340 g/mol. The molecule has 0 bridgehead atoms. The quantitative estimate of drug-likeness (QED) is 0.732. The fraction of sp³-hybridized carbons (Fsp3) is 0.800. The van der Waals surface area contributed by atoms with Gasteiger partial charge in [0.2, 0.25) is 0 Å². The van der Waals surface area contributed by atoms with E-state index in [0.717, 1.165) is 16.2 Å². The highest BCUT2D eigenvalue weighted by molar-refractivity contribution is 9.28. The van der Waals surface area contributed by atoms with Crippen LogP contribution in [0, 0.1) is 0 Å². The summed E-state index contributed by atoms with van der Waals surface area (Å²) in [5.74, 6) is -0.514. The van der Waals surface area contributed by atoms with E-state index in [1.165, 1.54) is 0 Å². The fourth-order valence-corrected chi connectivity index (χ4v) is 2.54. The van der Waals surface area contributed by atoms with Crippen molar-refractivity contribution in [3.05, 3.63) is 9.47 Å². The van der Waals surface area contributed by atoms with Crippen LogP contribution >= 0.6 is 31.9 Å². The number of fused-ring (bicyclic) bond motifs is 1. The summed E-state index contributed by atoms with van der Waals surface area (Å²) in [4.78, 5) is 0. The Hall–Kier alpha value is 0.580. The van der Waals surface area contributed by atoms with Crippen LogP contribution in [-0.2, 0) is 14.2 Å².